The Labute approximate surface area is 119 Å². The van der Waals surface area contributed by atoms with Crippen molar-refractivity contribution in [2.75, 3.05) is 6.61 Å². The van der Waals surface area contributed by atoms with Crippen LogP contribution >= 0.6 is 0 Å². The Hall–Kier alpha value is -2.55. The van der Waals surface area contributed by atoms with Crippen LogP contribution in [0.15, 0.2) is 36.5 Å². The quantitative estimate of drug-likeness (QED) is 0.857. The Kier molecular flexibility index (Phi) is 4.13. The van der Waals surface area contributed by atoms with E-state index in [1.54, 1.807) is 6.92 Å². The summed E-state index contributed by atoms with van der Waals surface area (Å²) in [5, 5.41) is 8.73. The molecule has 0 aliphatic carbocycles. The molecule has 0 spiro atoms. The number of halogens is 3. The Morgan fingerprint density at radius 2 is 2.00 bits per heavy atom. The van der Waals surface area contributed by atoms with E-state index in [0.29, 0.717) is 11.3 Å². The number of hydrogen-bond acceptors (Lipinski definition) is 3. The first-order chi connectivity index (χ1) is 9.97. The molecule has 0 radical (unpaired) electrons. The van der Waals surface area contributed by atoms with Gasteiger partial charge in [-0.2, -0.15) is 18.4 Å². The van der Waals surface area contributed by atoms with Crippen LogP contribution in [0.25, 0.3) is 11.3 Å². The molecule has 1 heterocycles. The summed E-state index contributed by atoms with van der Waals surface area (Å²) in [7, 11) is 0. The third-order valence-corrected chi connectivity index (χ3v) is 2.78. The Morgan fingerprint density at radius 3 is 2.52 bits per heavy atom. The standard InChI is InChI=1S/C15H11F3N2O/c1-2-21-14-11(4-3-5-12(14)15(16,17)18)13-7-6-10(8-19)9-20-13/h3-7,9H,2H2,1H3. The zero-order valence-electron chi connectivity index (χ0n) is 11.1. The van der Waals surface area contributed by atoms with Crippen molar-refractivity contribution in [2.45, 2.75) is 13.1 Å². The zero-order valence-corrected chi connectivity index (χ0v) is 11.1. The smallest absolute Gasteiger partial charge is 0.419 e. The molecule has 1 aromatic heterocycles. The average Bonchev–Trinajstić information content (AvgIpc) is 2.47. The minimum absolute atomic E-state index is 0.108. The Morgan fingerprint density at radius 1 is 1.24 bits per heavy atom. The summed E-state index contributed by atoms with van der Waals surface area (Å²) in [5.41, 5.74) is 0.0661. The summed E-state index contributed by atoms with van der Waals surface area (Å²) in [5.74, 6) is -0.246. The lowest BCUT2D eigenvalue weighted by Crippen LogP contribution is -2.09. The van der Waals surface area contributed by atoms with Crippen molar-refractivity contribution in [3.05, 3.63) is 47.7 Å². The molecule has 0 amide bonds. The van der Waals surface area contributed by atoms with E-state index in [1.165, 1.54) is 30.5 Å². The van der Waals surface area contributed by atoms with E-state index >= 15 is 0 Å². The Bertz CT molecular complexity index is 673. The monoisotopic (exact) mass is 292 g/mol. The second-order valence-electron chi connectivity index (χ2n) is 4.16. The van der Waals surface area contributed by atoms with Gasteiger partial charge in [0.2, 0.25) is 0 Å². The van der Waals surface area contributed by atoms with Crippen LogP contribution in [-0.2, 0) is 6.18 Å². The molecule has 3 nitrogen and oxygen atoms in total. The maximum atomic E-state index is 13.0. The largest absolute Gasteiger partial charge is 0.493 e. The molecule has 0 unspecified atom stereocenters. The van der Waals surface area contributed by atoms with Crippen molar-refractivity contribution < 1.29 is 17.9 Å². The molecular weight excluding hydrogens is 281 g/mol. The van der Waals surface area contributed by atoms with Gasteiger partial charge in [0, 0.05) is 11.8 Å². The van der Waals surface area contributed by atoms with E-state index in [-0.39, 0.29) is 17.9 Å². The highest BCUT2D eigenvalue weighted by Crippen LogP contribution is 2.41. The molecular formula is C15H11F3N2O. The predicted molar refractivity (Wildman–Crippen MR) is 70.6 cm³/mol. The SMILES string of the molecule is CCOc1c(-c2ccc(C#N)cn2)cccc1C(F)(F)F. The molecule has 21 heavy (non-hydrogen) atoms. The average molecular weight is 292 g/mol. The Balaban J connectivity index is 2.59. The fraction of sp³-hybridized carbons (Fsp3) is 0.200. The molecule has 0 bridgehead atoms. The third kappa shape index (κ3) is 3.14. The first kappa shape index (κ1) is 14.9. The van der Waals surface area contributed by atoms with Gasteiger partial charge in [0.15, 0.2) is 0 Å². The van der Waals surface area contributed by atoms with Crippen molar-refractivity contribution in [2.24, 2.45) is 0 Å². The number of nitriles is 1. The van der Waals surface area contributed by atoms with Gasteiger partial charge < -0.3 is 4.74 Å². The van der Waals surface area contributed by atoms with Crippen LogP contribution in [0, 0.1) is 11.3 Å². The maximum Gasteiger partial charge on any atom is 0.419 e. The normalized spacial score (nSPS) is 11.0. The molecule has 2 aromatic rings. The van der Waals surface area contributed by atoms with Gasteiger partial charge in [-0.25, -0.2) is 0 Å². The first-order valence-electron chi connectivity index (χ1n) is 6.17. The molecule has 0 saturated carbocycles. The molecule has 0 N–H and O–H groups in total. The van der Waals surface area contributed by atoms with E-state index in [0.717, 1.165) is 6.07 Å². The lowest BCUT2D eigenvalue weighted by atomic mass is 10.0. The highest BCUT2D eigenvalue weighted by Gasteiger charge is 2.35. The highest BCUT2D eigenvalue weighted by atomic mass is 19.4. The number of pyridine rings is 1. The van der Waals surface area contributed by atoms with Crippen LogP contribution in [0.4, 0.5) is 13.2 Å². The summed E-state index contributed by atoms with van der Waals surface area (Å²) in [6.45, 7) is 1.72. The van der Waals surface area contributed by atoms with E-state index in [2.05, 4.69) is 4.98 Å². The predicted octanol–water partition coefficient (Wildman–Crippen LogP) is 4.04. The van der Waals surface area contributed by atoms with Crippen LogP contribution in [0.1, 0.15) is 18.1 Å². The van der Waals surface area contributed by atoms with Crippen LogP contribution < -0.4 is 4.74 Å². The fourth-order valence-electron chi connectivity index (χ4n) is 1.88. The van der Waals surface area contributed by atoms with Crippen molar-refractivity contribution >= 4 is 0 Å². The number of para-hydroxylation sites is 1. The summed E-state index contributed by atoms with van der Waals surface area (Å²) in [4.78, 5) is 4.02. The molecule has 0 aliphatic rings. The number of rotatable bonds is 3. The number of ether oxygens (including phenoxy) is 1. The van der Waals surface area contributed by atoms with E-state index < -0.39 is 11.7 Å². The summed E-state index contributed by atoms with van der Waals surface area (Å²) >= 11 is 0. The lowest BCUT2D eigenvalue weighted by molar-refractivity contribution is -0.138. The minimum Gasteiger partial charge on any atom is -0.493 e. The first-order valence-corrected chi connectivity index (χ1v) is 6.17. The summed E-state index contributed by atoms with van der Waals surface area (Å²) in [6.07, 6.45) is -3.20. The molecule has 0 atom stereocenters. The van der Waals surface area contributed by atoms with E-state index in [4.69, 9.17) is 10.00 Å². The molecule has 6 heteroatoms. The number of alkyl halides is 3. The van der Waals surface area contributed by atoms with Crippen LogP contribution in [0.3, 0.4) is 0 Å². The maximum absolute atomic E-state index is 13.0. The van der Waals surface area contributed by atoms with Gasteiger partial charge in [0.25, 0.3) is 0 Å². The van der Waals surface area contributed by atoms with Gasteiger partial charge in [0.05, 0.1) is 23.4 Å². The van der Waals surface area contributed by atoms with Crippen molar-refractivity contribution in [1.82, 2.24) is 4.98 Å². The number of benzene rings is 1. The van der Waals surface area contributed by atoms with Gasteiger partial charge in [-0.15, -0.1) is 0 Å². The number of hydrogen-bond donors (Lipinski definition) is 0. The van der Waals surface area contributed by atoms with Gasteiger partial charge in [-0.1, -0.05) is 6.07 Å². The van der Waals surface area contributed by atoms with Crippen LogP contribution in [0.5, 0.6) is 5.75 Å². The molecule has 1 aromatic carbocycles. The molecule has 2 rings (SSSR count). The molecule has 0 aliphatic heterocycles. The topological polar surface area (TPSA) is 45.9 Å². The third-order valence-electron chi connectivity index (χ3n) is 2.78. The van der Waals surface area contributed by atoms with Crippen molar-refractivity contribution in [3.8, 4) is 23.1 Å². The minimum atomic E-state index is -4.51. The molecule has 0 saturated heterocycles. The van der Waals surface area contributed by atoms with Crippen molar-refractivity contribution in [3.63, 3.8) is 0 Å². The van der Waals surface area contributed by atoms with E-state index in [1.807, 2.05) is 6.07 Å². The molecule has 108 valence electrons. The summed E-state index contributed by atoms with van der Waals surface area (Å²) in [6, 6.07) is 8.69. The lowest BCUT2D eigenvalue weighted by Gasteiger charge is -2.16. The second-order valence-corrected chi connectivity index (χ2v) is 4.16. The fourth-order valence-corrected chi connectivity index (χ4v) is 1.88. The number of aromatic nitrogens is 1. The summed E-state index contributed by atoms with van der Waals surface area (Å²) < 4.78 is 44.3. The second kappa shape index (κ2) is 5.83. The van der Waals surface area contributed by atoms with E-state index in [9.17, 15) is 13.2 Å². The van der Waals surface area contributed by atoms with Crippen LogP contribution in [-0.4, -0.2) is 11.6 Å². The molecule has 0 fully saturated rings. The van der Waals surface area contributed by atoms with Gasteiger partial charge in [0.1, 0.15) is 11.8 Å². The number of nitrogens with zero attached hydrogens (tertiary/aromatic N) is 2. The van der Waals surface area contributed by atoms with Crippen molar-refractivity contribution in [1.29, 1.82) is 5.26 Å². The van der Waals surface area contributed by atoms with Gasteiger partial charge in [-0.05, 0) is 31.2 Å². The van der Waals surface area contributed by atoms with Gasteiger partial charge >= 0.3 is 6.18 Å². The zero-order chi connectivity index (χ0) is 15.5. The van der Waals surface area contributed by atoms with Crippen LogP contribution in [0.2, 0.25) is 0 Å². The van der Waals surface area contributed by atoms with Gasteiger partial charge in [-0.3, -0.25) is 4.98 Å². The highest BCUT2D eigenvalue weighted by molar-refractivity contribution is 5.70.